The van der Waals surface area contributed by atoms with Gasteiger partial charge in [0.2, 0.25) is 5.89 Å². The van der Waals surface area contributed by atoms with E-state index >= 15 is 0 Å². The molecule has 0 radical (unpaired) electrons. The Bertz CT molecular complexity index is 1750. The van der Waals surface area contributed by atoms with Crippen molar-refractivity contribution in [2.24, 2.45) is 7.05 Å². The molecule has 1 aliphatic rings. The van der Waals surface area contributed by atoms with Crippen LogP contribution in [-0.4, -0.2) is 32.8 Å². The minimum absolute atomic E-state index is 0.0383. The predicted molar refractivity (Wildman–Crippen MR) is 133 cm³/mol. The van der Waals surface area contributed by atoms with Gasteiger partial charge in [-0.05, 0) is 71.8 Å². The van der Waals surface area contributed by atoms with Crippen molar-refractivity contribution >= 4 is 17.1 Å². The molecular formula is C28H20F4N4O3. The zero-order valence-electron chi connectivity index (χ0n) is 20.7. The van der Waals surface area contributed by atoms with Crippen molar-refractivity contribution in [2.45, 2.75) is 24.9 Å². The molecule has 39 heavy (non-hydrogen) atoms. The van der Waals surface area contributed by atoms with Gasteiger partial charge in [-0.2, -0.15) is 13.2 Å². The van der Waals surface area contributed by atoms with Gasteiger partial charge in [0.1, 0.15) is 23.2 Å². The fraction of sp³-hybridized carbons (Fsp3) is 0.214. The van der Waals surface area contributed by atoms with Crippen molar-refractivity contribution in [3.8, 4) is 34.0 Å². The lowest BCUT2D eigenvalue weighted by molar-refractivity contribution is -0.136. The van der Waals surface area contributed by atoms with E-state index in [0.29, 0.717) is 34.1 Å². The zero-order chi connectivity index (χ0) is 27.5. The number of oxazole rings is 1. The van der Waals surface area contributed by atoms with Crippen molar-refractivity contribution < 1.29 is 31.5 Å². The Morgan fingerprint density at radius 1 is 1.05 bits per heavy atom. The zero-order valence-corrected chi connectivity index (χ0v) is 20.7. The van der Waals surface area contributed by atoms with E-state index < -0.39 is 29.1 Å². The predicted octanol–water partition coefficient (Wildman–Crippen LogP) is 6.78. The van der Waals surface area contributed by atoms with Crippen molar-refractivity contribution in [2.75, 3.05) is 7.11 Å². The van der Waals surface area contributed by atoms with Crippen LogP contribution in [0, 0.1) is 5.82 Å². The molecule has 5 aromatic rings. The van der Waals surface area contributed by atoms with Crippen LogP contribution >= 0.6 is 0 Å². The monoisotopic (exact) mass is 536 g/mol. The number of carbonyl (C=O) groups excluding carboxylic acids is 1. The SMILES string of the molecule is COC(=O)c1cc(C(F)(F)F)c2oc(-c3cc(-c4ccc(F)cc4-c4nncn4C)cc(C4CC4)c3)nc2c1. The standard InChI is InChI=1S/C28H20F4N4O3/c1-36-13-33-35-25(36)21-12-19(29)5-6-20(21)16-7-15(14-3-4-14)8-17(9-16)26-34-23-11-18(27(37)38-2)10-22(24(23)39-26)28(30,31)32/h5-14H,3-4H2,1-2H3. The molecule has 0 aliphatic heterocycles. The molecule has 6 rings (SSSR count). The van der Waals surface area contributed by atoms with Crippen LogP contribution in [0.25, 0.3) is 45.1 Å². The molecule has 1 saturated carbocycles. The first-order valence-corrected chi connectivity index (χ1v) is 12.0. The molecule has 0 bridgehead atoms. The number of nitrogens with zero attached hydrogens (tertiary/aromatic N) is 4. The van der Waals surface area contributed by atoms with Crippen LogP contribution in [0.15, 0.2) is 59.3 Å². The molecule has 1 fully saturated rings. The smallest absolute Gasteiger partial charge is 0.420 e. The van der Waals surface area contributed by atoms with E-state index in [1.54, 1.807) is 23.7 Å². The first kappa shape index (κ1) is 24.8. The van der Waals surface area contributed by atoms with Gasteiger partial charge in [0.05, 0.1) is 12.7 Å². The summed E-state index contributed by atoms with van der Waals surface area (Å²) in [5.41, 5.74) is 1.26. The Hall–Kier alpha value is -4.54. The van der Waals surface area contributed by atoms with E-state index in [0.717, 1.165) is 25.5 Å². The number of hydrogen-bond donors (Lipinski definition) is 0. The molecule has 11 heteroatoms. The molecule has 0 amide bonds. The Morgan fingerprint density at radius 3 is 2.49 bits per heavy atom. The Kier molecular flexibility index (Phi) is 5.74. The normalized spacial score (nSPS) is 13.7. The second-order valence-corrected chi connectivity index (χ2v) is 9.45. The summed E-state index contributed by atoms with van der Waals surface area (Å²) >= 11 is 0. The largest absolute Gasteiger partial charge is 0.465 e. The second kappa shape index (κ2) is 9.04. The molecule has 7 nitrogen and oxygen atoms in total. The summed E-state index contributed by atoms with van der Waals surface area (Å²) < 4.78 is 68.0. The van der Waals surface area contributed by atoms with Crippen molar-refractivity contribution in [3.05, 3.63) is 77.4 Å². The van der Waals surface area contributed by atoms with Gasteiger partial charge in [-0.25, -0.2) is 14.2 Å². The Balaban J connectivity index is 1.55. The maximum Gasteiger partial charge on any atom is 0.420 e. The van der Waals surface area contributed by atoms with Gasteiger partial charge < -0.3 is 13.7 Å². The molecule has 0 spiro atoms. The van der Waals surface area contributed by atoms with E-state index in [2.05, 4.69) is 19.9 Å². The van der Waals surface area contributed by atoms with Gasteiger partial charge in [0, 0.05) is 18.2 Å². The molecule has 198 valence electrons. The van der Waals surface area contributed by atoms with Crippen molar-refractivity contribution in [1.29, 1.82) is 0 Å². The molecule has 1 aliphatic carbocycles. The quantitative estimate of drug-likeness (QED) is 0.182. The number of halogens is 4. The summed E-state index contributed by atoms with van der Waals surface area (Å²) in [4.78, 5) is 16.4. The Morgan fingerprint density at radius 2 is 1.82 bits per heavy atom. The maximum atomic E-state index is 14.3. The van der Waals surface area contributed by atoms with E-state index in [-0.39, 0.29) is 22.9 Å². The van der Waals surface area contributed by atoms with Crippen LogP contribution in [0.1, 0.15) is 40.2 Å². The molecule has 0 saturated heterocycles. The van der Waals surface area contributed by atoms with Gasteiger partial charge in [0.25, 0.3) is 0 Å². The number of benzene rings is 3. The third-order valence-electron chi connectivity index (χ3n) is 6.71. The highest BCUT2D eigenvalue weighted by Crippen LogP contribution is 2.45. The van der Waals surface area contributed by atoms with E-state index in [1.165, 1.54) is 24.5 Å². The minimum Gasteiger partial charge on any atom is -0.465 e. The van der Waals surface area contributed by atoms with Crippen molar-refractivity contribution in [3.63, 3.8) is 0 Å². The summed E-state index contributed by atoms with van der Waals surface area (Å²) in [6, 6.07) is 11.8. The summed E-state index contributed by atoms with van der Waals surface area (Å²) in [6.45, 7) is 0. The molecule has 0 N–H and O–H groups in total. The van der Waals surface area contributed by atoms with Crippen molar-refractivity contribution in [1.82, 2.24) is 19.7 Å². The number of aromatic nitrogens is 4. The third-order valence-corrected chi connectivity index (χ3v) is 6.71. The van der Waals surface area contributed by atoms with Crippen LogP contribution in [0.5, 0.6) is 0 Å². The van der Waals surface area contributed by atoms with E-state index in [1.807, 2.05) is 12.1 Å². The highest BCUT2D eigenvalue weighted by atomic mass is 19.4. The molecule has 0 atom stereocenters. The number of fused-ring (bicyclic) bond motifs is 1. The number of ether oxygens (including phenoxy) is 1. The van der Waals surface area contributed by atoms with E-state index in [9.17, 15) is 22.4 Å². The Labute approximate surface area is 219 Å². The van der Waals surface area contributed by atoms with Crippen LogP contribution in [0.3, 0.4) is 0 Å². The summed E-state index contributed by atoms with van der Waals surface area (Å²) in [5.74, 6) is -0.671. The second-order valence-electron chi connectivity index (χ2n) is 9.45. The molecule has 0 unspecified atom stereocenters. The number of aryl methyl sites for hydroxylation is 1. The van der Waals surface area contributed by atoms with Crippen LogP contribution in [0.2, 0.25) is 0 Å². The number of methoxy groups -OCH3 is 1. The maximum absolute atomic E-state index is 14.3. The average Bonchev–Trinajstić information content (AvgIpc) is 3.53. The first-order valence-electron chi connectivity index (χ1n) is 12.0. The van der Waals surface area contributed by atoms with Crippen LogP contribution in [0.4, 0.5) is 17.6 Å². The van der Waals surface area contributed by atoms with Gasteiger partial charge in [0.15, 0.2) is 11.4 Å². The summed E-state index contributed by atoms with van der Waals surface area (Å²) in [6.07, 6.45) is -1.35. The lowest BCUT2D eigenvalue weighted by Crippen LogP contribution is -2.09. The topological polar surface area (TPSA) is 83.0 Å². The van der Waals surface area contributed by atoms with Crippen LogP contribution in [-0.2, 0) is 18.0 Å². The average molecular weight is 536 g/mol. The minimum atomic E-state index is -4.79. The van der Waals surface area contributed by atoms with E-state index in [4.69, 9.17) is 4.42 Å². The highest BCUT2D eigenvalue weighted by Gasteiger charge is 2.36. The fourth-order valence-electron chi connectivity index (χ4n) is 4.67. The van der Waals surface area contributed by atoms with Gasteiger partial charge >= 0.3 is 12.1 Å². The molecular weight excluding hydrogens is 516 g/mol. The fourth-order valence-corrected chi connectivity index (χ4v) is 4.67. The number of alkyl halides is 3. The molecule has 3 aromatic carbocycles. The number of rotatable bonds is 5. The van der Waals surface area contributed by atoms with Crippen LogP contribution < -0.4 is 0 Å². The number of hydrogen-bond acceptors (Lipinski definition) is 6. The highest BCUT2D eigenvalue weighted by molar-refractivity contribution is 5.95. The van der Waals surface area contributed by atoms with Gasteiger partial charge in [-0.15, -0.1) is 10.2 Å². The first-order chi connectivity index (χ1) is 18.6. The number of esters is 1. The third kappa shape index (κ3) is 4.53. The van der Waals surface area contributed by atoms with Gasteiger partial charge in [-0.1, -0.05) is 12.1 Å². The molecule has 2 aromatic heterocycles. The number of carbonyl (C=O) groups is 1. The lowest BCUT2D eigenvalue weighted by atomic mass is 9.94. The molecule has 2 heterocycles. The lowest BCUT2D eigenvalue weighted by Gasteiger charge is -2.12. The summed E-state index contributed by atoms with van der Waals surface area (Å²) in [7, 11) is 2.83. The summed E-state index contributed by atoms with van der Waals surface area (Å²) in [5, 5.41) is 8.03. The van der Waals surface area contributed by atoms with Gasteiger partial charge in [-0.3, -0.25) is 0 Å².